The number of hydrogen-bond donors (Lipinski definition) is 2. The van der Waals surface area contributed by atoms with Crippen LogP contribution in [0.25, 0.3) is 0 Å². The van der Waals surface area contributed by atoms with Crippen LogP contribution in [0.4, 0.5) is 4.79 Å². The first-order valence-electron chi connectivity index (χ1n) is 5.93. The molecular weight excluding hydrogens is 268 g/mol. The number of carboxylic acids is 1. The Hall–Kier alpha value is -1.63. The fourth-order valence-electron chi connectivity index (χ4n) is 1.87. The highest BCUT2D eigenvalue weighted by atomic mass is 32.2. The van der Waals surface area contributed by atoms with Crippen LogP contribution in [0.15, 0.2) is 16.5 Å². The largest absolute Gasteiger partial charge is 0.480 e. The second kappa shape index (κ2) is 5.56. The average molecular weight is 284 g/mol. The number of aryl methyl sites for hydroxylation is 1. The fraction of sp³-hybridized carbons (Fsp3) is 0.500. The highest BCUT2D eigenvalue weighted by molar-refractivity contribution is 7.99. The van der Waals surface area contributed by atoms with E-state index in [-0.39, 0.29) is 12.1 Å². The van der Waals surface area contributed by atoms with Gasteiger partial charge in [0.25, 0.3) is 0 Å². The van der Waals surface area contributed by atoms with Crippen molar-refractivity contribution in [3.63, 3.8) is 0 Å². The van der Waals surface area contributed by atoms with Crippen LogP contribution in [0.3, 0.4) is 0 Å². The maximum atomic E-state index is 12.0. The predicted molar refractivity (Wildman–Crippen MR) is 71.0 cm³/mol. The van der Waals surface area contributed by atoms with Gasteiger partial charge < -0.3 is 19.7 Å². The van der Waals surface area contributed by atoms with Crippen molar-refractivity contribution in [3.05, 3.63) is 23.7 Å². The summed E-state index contributed by atoms with van der Waals surface area (Å²) >= 11 is 1.43. The van der Waals surface area contributed by atoms with Crippen LogP contribution in [0.5, 0.6) is 0 Å². The Morgan fingerprint density at radius 2 is 2.32 bits per heavy atom. The van der Waals surface area contributed by atoms with Crippen LogP contribution >= 0.6 is 11.8 Å². The van der Waals surface area contributed by atoms with Gasteiger partial charge >= 0.3 is 12.0 Å². The number of aliphatic carboxylic acids is 1. The highest BCUT2D eigenvalue weighted by Crippen LogP contribution is 2.22. The molecule has 2 heterocycles. The van der Waals surface area contributed by atoms with E-state index in [2.05, 4.69) is 5.32 Å². The molecule has 1 fully saturated rings. The first-order valence-corrected chi connectivity index (χ1v) is 7.08. The Bertz CT molecular complexity index is 488. The van der Waals surface area contributed by atoms with Crippen molar-refractivity contribution in [2.24, 2.45) is 0 Å². The topological polar surface area (TPSA) is 82.8 Å². The lowest BCUT2D eigenvalue weighted by Crippen LogP contribution is -2.47. The number of urea groups is 1. The van der Waals surface area contributed by atoms with Gasteiger partial charge in [0.05, 0.1) is 11.9 Å². The summed E-state index contributed by atoms with van der Waals surface area (Å²) in [5, 5.41) is 11.8. The number of nitrogens with zero attached hydrogens (tertiary/aromatic N) is 1. The summed E-state index contributed by atoms with van der Waals surface area (Å²) in [7, 11) is 0. The van der Waals surface area contributed by atoms with E-state index in [1.54, 1.807) is 13.0 Å². The van der Waals surface area contributed by atoms with Crippen LogP contribution in [0.1, 0.15) is 24.5 Å². The fourth-order valence-corrected chi connectivity index (χ4v) is 3.02. The number of nitrogens with one attached hydrogen (secondary N) is 1. The summed E-state index contributed by atoms with van der Waals surface area (Å²) in [6, 6.07) is 2.20. The summed E-state index contributed by atoms with van der Waals surface area (Å²) in [5.41, 5.74) is 0. The van der Waals surface area contributed by atoms with Crippen molar-refractivity contribution in [1.82, 2.24) is 10.2 Å². The molecule has 2 amide bonds. The molecule has 7 heteroatoms. The quantitative estimate of drug-likeness (QED) is 0.884. The molecule has 2 N–H and O–H groups in total. The summed E-state index contributed by atoms with van der Waals surface area (Å²) in [6.07, 6.45) is 0. The smallest absolute Gasteiger partial charge is 0.327 e. The lowest BCUT2D eigenvalue weighted by atomic mass is 10.2. The van der Waals surface area contributed by atoms with Gasteiger partial charge in [-0.25, -0.2) is 9.59 Å². The molecule has 19 heavy (non-hydrogen) atoms. The third-order valence-electron chi connectivity index (χ3n) is 2.96. The van der Waals surface area contributed by atoms with Crippen molar-refractivity contribution >= 4 is 23.8 Å². The molecule has 0 spiro atoms. The Morgan fingerprint density at radius 1 is 1.58 bits per heavy atom. The Morgan fingerprint density at radius 3 is 2.89 bits per heavy atom. The molecule has 0 aliphatic carbocycles. The van der Waals surface area contributed by atoms with Gasteiger partial charge in [-0.1, -0.05) is 0 Å². The average Bonchev–Trinajstić information content (AvgIpc) is 2.96. The Labute approximate surface area is 115 Å². The van der Waals surface area contributed by atoms with Crippen LogP contribution < -0.4 is 5.32 Å². The van der Waals surface area contributed by atoms with Gasteiger partial charge in [-0.3, -0.25) is 0 Å². The van der Waals surface area contributed by atoms with Gasteiger partial charge in [0.15, 0.2) is 0 Å². The molecule has 0 saturated carbocycles. The van der Waals surface area contributed by atoms with Crippen molar-refractivity contribution in [1.29, 1.82) is 0 Å². The number of carboxylic acid groups (broad SMARTS) is 1. The van der Waals surface area contributed by atoms with E-state index in [1.807, 2.05) is 13.0 Å². The lowest BCUT2D eigenvalue weighted by Gasteiger charge is -2.22. The number of carbonyl (C=O) groups is 2. The van der Waals surface area contributed by atoms with Crippen molar-refractivity contribution in [2.75, 3.05) is 11.6 Å². The maximum Gasteiger partial charge on any atom is 0.327 e. The molecule has 1 aromatic heterocycles. The zero-order valence-electron chi connectivity index (χ0n) is 10.8. The van der Waals surface area contributed by atoms with Crippen LogP contribution in [0.2, 0.25) is 0 Å². The number of amides is 2. The molecule has 0 aromatic carbocycles. The third kappa shape index (κ3) is 3.04. The van der Waals surface area contributed by atoms with Crippen LogP contribution in [-0.2, 0) is 4.79 Å². The predicted octanol–water partition coefficient (Wildman–Crippen LogP) is 1.82. The van der Waals surface area contributed by atoms with E-state index in [9.17, 15) is 9.59 Å². The van der Waals surface area contributed by atoms with Crippen molar-refractivity contribution in [3.8, 4) is 0 Å². The van der Waals surface area contributed by atoms with Crippen LogP contribution in [0, 0.1) is 6.92 Å². The SMILES string of the molecule is Cc1ccc(C(C)NC(=O)N2CSCC2C(=O)O)o1. The van der Waals surface area contributed by atoms with Gasteiger partial charge in [0.1, 0.15) is 17.6 Å². The first kappa shape index (κ1) is 13.8. The molecular formula is C12H16N2O4S. The minimum Gasteiger partial charge on any atom is -0.480 e. The van der Waals surface area contributed by atoms with Gasteiger partial charge in [-0.05, 0) is 26.0 Å². The lowest BCUT2D eigenvalue weighted by molar-refractivity contribution is -0.140. The Balaban J connectivity index is 1.99. The standard InChI is InChI=1S/C12H16N2O4S/c1-7-3-4-10(18-7)8(2)13-12(17)14-6-19-5-9(14)11(15)16/h3-4,8-9H,5-6H2,1-2H3,(H,13,17)(H,15,16). The molecule has 2 atom stereocenters. The molecule has 1 aromatic rings. The second-order valence-corrected chi connectivity index (χ2v) is 5.44. The Kier molecular flexibility index (Phi) is 4.04. The molecule has 1 aliphatic heterocycles. The zero-order chi connectivity index (χ0) is 14.0. The summed E-state index contributed by atoms with van der Waals surface area (Å²) in [5.74, 6) is 1.28. The van der Waals surface area contributed by atoms with Gasteiger partial charge in [-0.2, -0.15) is 0 Å². The number of carbonyl (C=O) groups excluding carboxylic acids is 1. The van der Waals surface area contributed by atoms with Crippen molar-refractivity contribution < 1.29 is 19.1 Å². The molecule has 2 unspecified atom stereocenters. The summed E-state index contributed by atoms with van der Waals surface area (Å²) in [4.78, 5) is 24.4. The van der Waals surface area contributed by atoms with Crippen LogP contribution in [-0.4, -0.2) is 39.7 Å². The van der Waals surface area contributed by atoms with E-state index >= 15 is 0 Å². The molecule has 0 bridgehead atoms. The highest BCUT2D eigenvalue weighted by Gasteiger charge is 2.35. The molecule has 104 valence electrons. The van der Waals surface area contributed by atoms with E-state index < -0.39 is 12.0 Å². The number of rotatable bonds is 3. The van der Waals surface area contributed by atoms with E-state index in [4.69, 9.17) is 9.52 Å². The van der Waals surface area contributed by atoms with Gasteiger partial charge in [0.2, 0.25) is 0 Å². The van der Waals surface area contributed by atoms with E-state index in [0.717, 1.165) is 5.76 Å². The summed E-state index contributed by atoms with van der Waals surface area (Å²) in [6.45, 7) is 3.63. The van der Waals surface area contributed by atoms with Crippen molar-refractivity contribution in [2.45, 2.75) is 25.9 Å². The van der Waals surface area contributed by atoms with E-state index in [1.165, 1.54) is 16.7 Å². The number of thioether (sulfide) groups is 1. The minimum atomic E-state index is -0.971. The normalized spacial score (nSPS) is 20.3. The molecule has 2 rings (SSSR count). The van der Waals surface area contributed by atoms with Gasteiger partial charge in [-0.15, -0.1) is 11.8 Å². The number of furan rings is 1. The number of hydrogen-bond acceptors (Lipinski definition) is 4. The maximum absolute atomic E-state index is 12.0. The monoisotopic (exact) mass is 284 g/mol. The summed E-state index contributed by atoms with van der Waals surface area (Å²) < 4.78 is 5.43. The van der Waals surface area contributed by atoms with E-state index in [0.29, 0.717) is 17.4 Å². The second-order valence-electron chi connectivity index (χ2n) is 4.44. The molecule has 0 radical (unpaired) electrons. The van der Waals surface area contributed by atoms with Gasteiger partial charge in [0, 0.05) is 5.75 Å². The third-order valence-corrected chi connectivity index (χ3v) is 3.97. The first-order chi connectivity index (χ1) is 8.99. The molecule has 1 aliphatic rings. The zero-order valence-corrected chi connectivity index (χ0v) is 11.6. The minimum absolute atomic E-state index is 0.291. The molecule has 1 saturated heterocycles. The molecule has 6 nitrogen and oxygen atoms in total.